The number of rotatable bonds is 5. The number of pyridine rings is 2. The molecule has 8 nitrogen and oxygen atoms in total. The zero-order valence-corrected chi connectivity index (χ0v) is 20.3. The number of nitriles is 1. The quantitative estimate of drug-likeness (QED) is 0.379. The lowest BCUT2D eigenvalue weighted by Gasteiger charge is -2.33. The minimum Gasteiger partial charge on any atom is -0.493 e. The molecule has 0 radical (unpaired) electrons. The summed E-state index contributed by atoms with van der Waals surface area (Å²) in [7, 11) is 1.64. The van der Waals surface area contributed by atoms with Crippen molar-refractivity contribution >= 4 is 16.9 Å². The number of benzene rings is 1. The van der Waals surface area contributed by atoms with Crippen LogP contribution in [0.5, 0.6) is 5.75 Å². The number of aryl methyl sites for hydroxylation is 2. The van der Waals surface area contributed by atoms with Crippen LogP contribution in [-0.4, -0.2) is 44.7 Å². The van der Waals surface area contributed by atoms with Crippen LogP contribution in [0.4, 0.5) is 19.0 Å². The summed E-state index contributed by atoms with van der Waals surface area (Å²) in [6.45, 7) is 3.75. The number of hydrogen-bond acceptors (Lipinski definition) is 7. The molecular formula is C26H24F3N7O. The van der Waals surface area contributed by atoms with Gasteiger partial charge >= 0.3 is 6.18 Å². The van der Waals surface area contributed by atoms with Crippen LogP contribution >= 0.6 is 0 Å². The average molecular weight is 508 g/mol. The third-order valence-electron chi connectivity index (χ3n) is 6.60. The standard InChI is InChI=1S/C26H24F3N7O/c1-16-5-8-31-24(11-16)36-9-6-17(7-10-36)15-37-23-4-3-18(12-19(23)26(27,28)29)20-13-22-25(21(14-30)32-20)33-34-35(22)2/h3-5,8,11-13,17H,6-7,9-10,15H2,1-2H3. The molecule has 1 saturated heterocycles. The Bertz CT molecular complexity index is 1480. The number of nitrogens with zero attached hydrogens (tertiary/aromatic N) is 7. The lowest BCUT2D eigenvalue weighted by Crippen LogP contribution is -2.36. The van der Waals surface area contributed by atoms with E-state index in [-0.39, 0.29) is 35.2 Å². The van der Waals surface area contributed by atoms with Gasteiger partial charge in [0.05, 0.1) is 23.4 Å². The van der Waals surface area contributed by atoms with Crippen molar-refractivity contribution in [1.82, 2.24) is 25.0 Å². The minimum atomic E-state index is -4.62. The van der Waals surface area contributed by atoms with Gasteiger partial charge in [0.1, 0.15) is 23.2 Å². The molecule has 4 heterocycles. The lowest BCUT2D eigenvalue weighted by atomic mass is 9.97. The number of aromatic nitrogens is 5. The van der Waals surface area contributed by atoms with E-state index in [9.17, 15) is 18.4 Å². The SMILES string of the molecule is Cc1ccnc(N2CCC(COc3ccc(-c4cc5c(nnn5C)c(C#N)n4)cc3C(F)(F)F)CC2)c1. The summed E-state index contributed by atoms with van der Waals surface area (Å²) in [5.74, 6) is 0.840. The highest BCUT2D eigenvalue weighted by molar-refractivity contribution is 5.83. The Balaban J connectivity index is 1.33. The molecule has 0 unspecified atom stereocenters. The Labute approximate surface area is 211 Å². The smallest absolute Gasteiger partial charge is 0.419 e. The van der Waals surface area contributed by atoms with E-state index in [0.717, 1.165) is 43.4 Å². The molecule has 0 amide bonds. The molecule has 0 atom stereocenters. The van der Waals surface area contributed by atoms with E-state index in [2.05, 4.69) is 25.2 Å². The Morgan fingerprint density at radius 1 is 1.14 bits per heavy atom. The second-order valence-electron chi connectivity index (χ2n) is 9.19. The van der Waals surface area contributed by atoms with E-state index in [4.69, 9.17) is 4.74 Å². The first-order valence-corrected chi connectivity index (χ1v) is 11.9. The van der Waals surface area contributed by atoms with Crippen LogP contribution in [0.15, 0.2) is 42.6 Å². The highest BCUT2D eigenvalue weighted by atomic mass is 19.4. The average Bonchev–Trinajstić information content (AvgIpc) is 3.27. The maximum atomic E-state index is 14.0. The second-order valence-corrected chi connectivity index (χ2v) is 9.19. The first-order chi connectivity index (χ1) is 17.7. The third kappa shape index (κ3) is 5.05. The van der Waals surface area contributed by atoms with Gasteiger partial charge in [-0.15, -0.1) is 5.10 Å². The van der Waals surface area contributed by atoms with E-state index in [1.165, 1.54) is 16.8 Å². The number of hydrogen-bond donors (Lipinski definition) is 0. The van der Waals surface area contributed by atoms with E-state index in [0.29, 0.717) is 11.0 Å². The van der Waals surface area contributed by atoms with Crippen molar-refractivity contribution < 1.29 is 17.9 Å². The van der Waals surface area contributed by atoms with E-state index < -0.39 is 11.7 Å². The molecule has 37 heavy (non-hydrogen) atoms. The molecule has 4 aromatic rings. The number of piperidine rings is 1. The van der Waals surface area contributed by atoms with Gasteiger partial charge in [-0.3, -0.25) is 0 Å². The van der Waals surface area contributed by atoms with Gasteiger partial charge < -0.3 is 9.64 Å². The molecule has 5 rings (SSSR count). The molecule has 3 aromatic heterocycles. The summed E-state index contributed by atoms with van der Waals surface area (Å²) in [4.78, 5) is 10.8. The van der Waals surface area contributed by atoms with Gasteiger partial charge in [-0.25, -0.2) is 14.6 Å². The molecule has 1 aliphatic rings. The van der Waals surface area contributed by atoms with Gasteiger partial charge in [0.15, 0.2) is 5.69 Å². The number of halogens is 3. The lowest BCUT2D eigenvalue weighted by molar-refractivity contribution is -0.139. The Hall–Kier alpha value is -4.20. The molecule has 0 saturated carbocycles. The molecule has 11 heteroatoms. The molecule has 0 bridgehead atoms. The van der Waals surface area contributed by atoms with Crippen molar-refractivity contribution in [2.24, 2.45) is 13.0 Å². The van der Waals surface area contributed by atoms with Crippen LogP contribution in [0, 0.1) is 24.2 Å². The van der Waals surface area contributed by atoms with E-state index >= 15 is 0 Å². The highest BCUT2D eigenvalue weighted by Crippen LogP contribution is 2.39. The topological polar surface area (TPSA) is 92.8 Å². The van der Waals surface area contributed by atoms with Crippen molar-refractivity contribution in [2.45, 2.75) is 25.9 Å². The Morgan fingerprint density at radius 2 is 1.92 bits per heavy atom. The molecule has 1 aliphatic heterocycles. The Kier molecular flexibility index (Phi) is 6.41. The van der Waals surface area contributed by atoms with Crippen LogP contribution in [0.25, 0.3) is 22.3 Å². The van der Waals surface area contributed by atoms with Crippen LogP contribution < -0.4 is 9.64 Å². The van der Waals surface area contributed by atoms with Gasteiger partial charge in [0.25, 0.3) is 0 Å². The fourth-order valence-corrected chi connectivity index (χ4v) is 4.52. The van der Waals surface area contributed by atoms with E-state index in [1.54, 1.807) is 19.3 Å². The molecule has 0 aliphatic carbocycles. The summed E-state index contributed by atoms with van der Waals surface area (Å²) in [6.07, 6.45) is -1.24. The summed E-state index contributed by atoms with van der Waals surface area (Å²) >= 11 is 0. The number of fused-ring (bicyclic) bond motifs is 1. The number of anilines is 1. The van der Waals surface area contributed by atoms with Crippen molar-refractivity contribution in [3.05, 3.63) is 59.4 Å². The molecule has 1 aromatic carbocycles. The number of ether oxygens (including phenoxy) is 1. The minimum absolute atomic E-state index is 0.00157. The second kappa shape index (κ2) is 9.69. The number of alkyl halides is 3. The first kappa shape index (κ1) is 24.5. The maximum absolute atomic E-state index is 14.0. The van der Waals surface area contributed by atoms with E-state index in [1.807, 2.05) is 25.1 Å². The fourth-order valence-electron chi connectivity index (χ4n) is 4.52. The van der Waals surface area contributed by atoms with Crippen molar-refractivity contribution in [3.63, 3.8) is 0 Å². The summed E-state index contributed by atoms with van der Waals surface area (Å²) in [5.41, 5.74) is 1.50. The largest absolute Gasteiger partial charge is 0.493 e. The third-order valence-corrected chi connectivity index (χ3v) is 6.60. The zero-order chi connectivity index (χ0) is 26.2. The van der Waals surface area contributed by atoms with Gasteiger partial charge in [-0.05, 0) is 67.6 Å². The zero-order valence-electron chi connectivity index (χ0n) is 20.3. The monoisotopic (exact) mass is 507 g/mol. The van der Waals surface area contributed by atoms with Crippen LogP contribution in [0.1, 0.15) is 29.7 Å². The summed E-state index contributed by atoms with van der Waals surface area (Å²) in [5, 5.41) is 17.2. The molecule has 0 spiro atoms. The normalized spacial score (nSPS) is 14.6. The van der Waals surface area contributed by atoms with Gasteiger partial charge in [0, 0.05) is 31.9 Å². The van der Waals surface area contributed by atoms with Crippen LogP contribution in [0.2, 0.25) is 0 Å². The van der Waals surface area contributed by atoms with Gasteiger partial charge in [0.2, 0.25) is 0 Å². The highest BCUT2D eigenvalue weighted by Gasteiger charge is 2.35. The van der Waals surface area contributed by atoms with Crippen molar-refractivity contribution in [1.29, 1.82) is 5.26 Å². The van der Waals surface area contributed by atoms with Crippen molar-refractivity contribution in [3.8, 4) is 23.1 Å². The van der Waals surface area contributed by atoms with Gasteiger partial charge in [-0.1, -0.05) is 5.21 Å². The molecule has 0 N–H and O–H groups in total. The van der Waals surface area contributed by atoms with Crippen LogP contribution in [0.3, 0.4) is 0 Å². The van der Waals surface area contributed by atoms with Crippen molar-refractivity contribution in [2.75, 3.05) is 24.6 Å². The fraction of sp³-hybridized carbons (Fsp3) is 0.346. The molecule has 190 valence electrons. The van der Waals surface area contributed by atoms with Gasteiger partial charge in [-0.2, -0.15) is 18.4 Å². The predicted molar refractivity (Wildman–Crippen MR) is 131 cm³/mol. The summed E-state index contributed by atoms with van der Waals surface area (Å²) < 4.78 is 49.2. The summed E-state index contributed by atoms with van der Waals surface area (Å²) in [6, 6.07) is 11.4. The maximum Gasteiger partial charge on any atom is 0.419 e. The van der Waals surface area contributed by atoms with Crippen LogP contribution in [-0.2, 0) is 13.2 Å². The first-order valence-electron chi connectivity index (χ1n) is 11.9. The Morgan fingerprint density at radius 3 is 2.62 bits per heavy atom. The molecule has 1 fully saturated rings. The predicted octanol–water partition coefficient (Wildman–Crippen LogP) is 4.92. The molecular weight excluding hydrogens is 483 g/mol.